The minimum atomic E-state index is -0.288. The average Bonchev–Trinajstić information content (AvgIpc) is 2.34. The summed E-state index contributed by atoms with van der Waals surface area (Å²) < 4.78 is 4.53. The number of rotatable bonds is 1. The Labute approximate surface area is 60.0 Å². The molecule has 0 spiro atoms. The SMILES string of the molecule is COC(=O)C1CC[C@H](O)C1. The van der Waals surface area contributed by atoms with Gasteiger partial charge in [-0.15, -0.1) is 0 Å². The Kier molecular flexibility index (Phi) is 2.27. The maximum absolute atomic E-state index is 10.8. The molecule has 0 bridgehead atoms. The van der Waals surface area contributed by atoms with Crippen molar-refractivity contribution < 1.29 is 14.6 Å². The van der Waals surface area contributed by atoms with E-state index in [-0.39, 0.29) is 18.0 Å². The summed E-state index contributed by atoms with van der Waals surface area (Å²) in [6.07, 6.45) is 1.80. The van der Waals surface area contributed by atoms with Gasteiger partial charge in [-0.05, 0) is 19.3 Å². The standard InChI is InChI=1S/C7H12O3/c1-10-7(9)5-2-3-6(8)4-5/h5-6,8H,2-4H2,1H3/t5?,6-/m0/s1. The molecule has 1 aliphatic rings. The van der Waals surface area contributed by atoms with Crippen molar-refractivity contribution in [3.63, 3.8) is 0 Å². The van der Waals surface area contributed by atoms with Crippen LogP contribution < -0.4 is 0 Å². The van der Waals surface area contributed by atoms with Gasteiger partial charge in [0.2, 0.25) is 0 Å². The summed E-state index contributed by atoms with van der Waals surface area (Å²) in [5.74, 6) is -0.239. The van der Waals surface area contributed by atoms with Gasteiger partial charge in [-0.2, -0.15) is 0 Å². The number of ether oxygens (including phenoxy) is 1. The molecule has 0 aromatic carbocycles. The minimum absolute atomic E-state index is 0.0556. The van der Waals surface area contributed by atoms with Crippen LogP contribution in [0.1, 0.15) is 19.3 Å². The molecule has 0 aromatic heterocycles. The third-order valence-corrected chi connectivity index (χ3v) is 1.94. The van der Waals surface area contributed by atoms with Gasteiger partial charge in [0, 0.05) is 0 Å². The van der Waals surface area contributed by atoms with E-state index in [2.05, 4.69) is 4.74 Å². The number of hydrogen-bond donors (Lipinski definition) is 1. The molecule has 1 N–H and O–H groups in total. The highest BCUT2D eigenvalue weighted by Gasteiger charge is 2.28. The molecule has 0 saturated heterocycles. The van der Waals surface area contributed by atoms with Gasteiger partial charge in [-0.25, -0.2) is 0 Å². The van der Waals surface area contributed by atoms with Crippen LogP contribution in [0.4, 0.5) is 0 Å². The van der Waals surface area contributed by atoms with Gasteiger partial charge in [0.05, 0.1) is 19.1 Å². The second kappa shape index (κ2) is 3.01. The van der Waals surface area contributed by atoms with Crippen molar-refractivity contribution in [2.24, 2.45) is 5.92 Å². The maximum Gasteiger partial charge on any atom is 0.308 e. The molecule has 0 aliphatic heterocycles. The Morgan fingerprint density at radius 3 is 2.70 bits per heavy atom. The number of carbonyl (C=O) groups excluding carboxylic acids is 1. The van der Waals surface area contributed by atoms with Crippen LogP contribution in [-0.4, -0.2) is 24.3 Å². The molecule has 1 rings (SSSR count). The highest BCUT2D eigenvalue weighted by atomic mass is 16.5. The van der Waals surface area contributed by atoms with Crippen molar-refractivity contribution in [2.45, 2.75) is 25.4 Å². The van der Waals surface area contributed by atoms with E-state index in [0.29, 0.717) is 6.42 Å². The summed E-state index contributed by atoms with van der Waals surface area (Å²) in [6, 6.07) is 0. The first-order chi connectivity index (χ1) is 4.74. The first kappa shape index (κ1) is 7.54. The predicted molar refractivity (Wildman–Crippen MR) is 35.4 cm³/mol. The van der Waals surface area contributed by atoms with E-state index in [1.54, 1.807) is 0 Å². The number of methoxy groups -OCH3 is 1. The van der Waals surface area contributed by atoms with Gasteiger partial charge in [0.1, 0.15) is 0 Å². The van der Waals surface area contributed by atoms with Crippen molar-refractivity contribution in [1.82, 2.24) is 0 Å². The second-order valence-corrected chi connectivity index (χ2v) is 2.69. The van der Waals surface area contributed by atoms with Crippen LogP contribution in [0.25, 0.3) is 0 Å². The molecule has 3 nitrogen and oxygen atoms in total. The number of aliphatic hydroxyl groups excluding tert-OH is 1. The zero-order valence-corrected chi connectivity index (χ0v) is 6.04. The summed E-state index contributed by atoms with van der Waals surface area (Å²) >= 11 is 0. The zero-order chi connectivity index (χ0) is 7.56. The Bertz CT molecular complexity index is 133. The van der Waals surface area contributed by atoms with Crippen molar-refractivity contribution in [3.8, 4) is 0 Å². The molecule has 10 heavy (non-hydrogen) atoms. The fourth-order valence-electron chi connectivity index (χ4n) is 1.34. The lowest BCUT2D eigenvalue weighted by atomic mass is 10.1. The van der Waals surface area contributed by atoms with Crippen LogP contribution in [0, 0.1) is 5.92 Å². The van der Waals surface area contributed by atoms with Crippen LogP contribution in [0.5, 0.6) is 0 Å². The lowest BCUT2D eigenvalue weighted by Gasteiger charge is -2.04. The Hall–Kier alpha value is -0.570. The second-order valence-electron chi connectivity index (χ2n) is 2.69. The van der Waals surface area contributed by atoms with E-state index < -0.39 is 0 Å². The number of aliphatic hydroxyl groups is 1. The summed E-state index contributed by atoms with van der Waals surface area (Å²) in [7, 11) is 1.38. The van der Waals surface area contributed by atoms with Gasteiger partial charge in [0.25, 0.3) is 0 Å². The van der Waals surface area contributed by atoms with Crippen molar-refractivity contribution in [2.75, 3.05) is 7.11 Å². The number of esters is 1. The van der Waals surface area contributed by atoms with Gasteiger partial charge in [-0.1, -0.05) is 0 Å². The monoisotopic (exact) mass is 144 g/mol. The third-order valence-electron chi connectivity index (χ3n) is 1.94. The average molecular weight is 144 g/mol. The van der Waals surface area contributed by atoms with Crippen LogP contribution in [-0.2, 0) is 9.53 Å². The molecule has 1 saturated carbocycles. The van der Waals surface area contributed by atoms with E-state index >= 15 is 0 Å². The fourth-order valence-corrected chi connectivity index (χ4v) is 1.34. The molecule has 1 aliphatic carbocycles. The van der Waals surface area contributed by atoms with E-state index in [0.717, 1.165) is 12.8 Å². The highest BCUT2D eigenvalue weighted by molar-refractivity contribution is 5.72. The summed E-state index contributed by atoms with van der Waals surface area (Å²) in [5, 5.41) is 9.04. The van der Waals surface area contributed by atoms with Gasteiger partial charge < -0.3 is 9.84 Å². The Morgan fingerprint density at radius 1 is 1.60 bits per heavy atom. The van der Waals surface area contributed by atoms with E-state index in [1.165, 1.54) is 7.11 Å². The molecular weight excluding hydrogens is 132 g/mol. The lowest BCUT2D eigenvalue weighted by Crippen LogP contribution is -2.13. The van der Waals surface area contributed by atoms with Crippen LogP contribution in [0.3, 0.4) is 0 Å². The normalized spacial score (nSPS) is 32.2. The molecule has 58 valence electrons. The summed E-state index contributed by atoms with van der Waals surface area (Å²) in [6.45, 7) is 0. The maximum atomic E-state index is 10.8. The van der Waals surface area contributed by atoms with E-state index in [4.69, 9.17) is 5.11 Å². The van der Waals surface area contributed by atoms with Gasteiger partial charge >= 0.3 is 5.97 Å². The zero-order valence-electron chi connectivity index (χ0n) is 6.04. The van der Waals surface area contributed by atoms with E-state index in [1.807, 2.05) is 0 Å². The van der Waals surface area contributed by atoms with Crippen LogP contribution >= 0.6 is 0 Å². The molecule has 0 radical (unpaired) electrons. The van der Waals surface area contributed by atoms with Crippen LogP contribution in [0.15, 0.2) is 0 Å². The smallest absolute Gasteiger partial charge is 0.308 e. The molecule has 0 heterocycles. The molecule has 3 heteroatoms. The van der Waals surface area contributed by atoms with Crippen LogP contribution in [0.2, 0.25) is 0 Å². The summed E-state index contributed by atoms with van der Waals surface area (Å²) in [5.41, 5.74) is 0. The Morgan fingerprint density at radius 2 is 2.30 bits per heavy atom. The van der Waals surface area contributed by atoms with Crippen molar-refractivity contribution in [1.29, 1.82) is 0 Å². The van der Waals surface area contributed by atoms with Crippen molar-refractivity contribution >= 4 is 5.97 Å². The molecule has 1 unspecified atom stereocenters. The summed E-state index contributed by atoms with van der Waals surface area (Å²) in [4.78, 5) is 10.8. The highest BCUT2D eigenvalue weighted by Crippen LogP contribution is 2.25. The quantitative estimate of drug-likeness (QED) is 0.539. The molecular formula is C7H12O3. The molecule has 0 aromatic rings. The minimum Gasteiger partial charge on any atom is -0.469 e. The number of hydrogen-bond acceptors (Lipinski definition) is 3. The molecule has 1 fully saturated rings. The lowest BCUT2D eigenvalue weighted by molar-refractivity contribution is -0.145. The predicted octanol–water partition coefficient (Wildman–Crippen LogP) is 0.320. The largest absolute Gasteiger partial charge is 0.469 e. The molecule has 0 amide bonds. The van der Waals surface area contributed by atoms with Crippen molar-refractivity contribution in [3.05, 3.63) is 0 Å². The number of carbonyl (C=O) groups is 1. The molecule has 2 atom stereocenters. The topological polar surface area (TPSA) is 46.5 Å². The third kappa shape index (κ3) is 1.48. The Balaban J connectivity index is 2.37. The van der Waals surface area contributed by atoms with Gasteiger partial charge in [-0.3, -0.25) is 4.79 Å². The first-order valence-corrected chi connectivity index (χ1v) is 3.50. The van der Waals surface area contributed by atoms with E-state index in [9.17, 15) is 4.79 Å². The fraction of sp³-hybridized carbons (Fsp3) is 0.857. The van der Waals surface area contributed by atoms with Gasteiger partial charge in [0.15, 0.2) is 0 Å². The first-order valence-electron chi connectivity index (χ1n) is 3.50.